The van der Waals surface area contributed by atoms with Crippen molar-refractivity contribution in [2.75, 3.05) is 52.8 Å². The van der Waals surface area contributed by atoms with Crippen molar-refractivity contribution in [1.82, 2.24) is 9.80 Å². The molecule has 0 unspecified atom stereocenters. The van der Waals surface area contributed by atoms with Crippen LogP contribution in [-0.4, -0.2) is 69.4 Å². The highest BCUT2D eigenvalue weighted by Gasteiger charge is 2.27. The number of carbonyl (C=O) groups is 1. The quantitative estimate of drug-likeness (QED) is 0.868. The molecule has 1 aliphatic heterocycles. The molecule has 1 aromatic rings. The molecule has 1 aliphatic rings. The third-order valence-corrected chi connectivity index (χ3v) is 4.61. The van der Waals surface area contributed by atoms with Crippen LogP contribution in [0.25, 0.3) is 0 Å². The summed E-state index contributed by atoms with van der Waals surface area (Å²) in [5.74, 6) is 0.735. The van der Waals surface area contributed by atoms with E-state index in [-0.39, 0.29) is 12.1 Å². The van der Waals surface area contributed by atoms with Gasteiger partial charge in [0.1, 0.15) is 5.75 Å². The minimum atomic E-state index is -0.0713. The molecule has 0 aromatic heterocycles. The third-order valence-electron chi connectivity index (χ3n) is 4.61. The highest BCUT2D eigenvalue weighted by atomic mass is 16.5. The van der Waals surface area contributed by atoms with Crippen molar-refractivity contribution in [3.63, 3.8) is 0 Å². The van der Waals surface area contributed by atoms with Crippen LogP contribution in [0, 0.1) is 6.92 Å². The van der Waals surface area contributed by atoms with Crippen LogP contribution in [-0.2, 0) is 4.74 Å². The maximum Gasteiger partial charge on any atom is 0.322 e. The van der Waals surface area contributed by atoms with Gasteiger partial charge in [0.05, 0.1) is 13.7 Å². The highest BCUT2D eigenvalue weighted by molar-refractivity contribution is 5.90. The van der Waals surface area contributed by atoms with Crippen molar-refractivity contribution in [3.8, 4) is 5.75 Å². The number of nitrogens with zero attached hydrogens (tertiary/aromatic N) is 2. The fourth-order valence-corrected chi connectivity index (χ4v) is 3.00. The zero-order valence-electron chi connectivity index (χ0n) is 15.2. The van der Waals surface area contributed by atoms with Crippen LogP contribution in [0.5, 0.6) is 5.75 Å². The smallest absolute Gasteiger partial charge is 0.322 e. The van der Waals surface area contributed by atoms with Crippen LogP contribution in [0.15, 0.2) is 18.2 Å². The first-order valence-corrected chi connectivity index (χ1v) is 8.45. The standard InChI is InChI=1S/C18H29N3O3/c1-14-5-6-16(24-4)13-17(14)19-18(22)21(11-12-23-3)15-7-9-20(2)10-8-15/h5-6,13,15H,7-12H2,1-4H3,(H,19,22). The van der Waals surface area contributed by atoms with Crippen molar-refractivity contribution in [2.45, 2.75) is 25.8 Å². The maximum absolute atomic E-state index is 12.9. The number of carbonyl (C=O) groups excluding carboxylic acids is 1. The van der Waals surface area contributed by atoms with E-state index >= 15 is 0 Å². The number of rotatable bonds is 6. The molecule has 1 saturated heterocycles. The molecule has 0 bridgehead atoms. The number of methoxy groups -OCH3 is 2. The molecule has 1 aromatic carbocycles. The zero-order valence-corrected chi connectivity index (χ0v) is 15.2. The van der Waals surface area contributed by atoms with Crippen LogP contribution in [0.4, 0.5) is 10.5 Å². The Balaban J connectivity index is 2.09. The minimum absolute atomic E-state index is 0.0713. The van der Waals surface area contributed by atoms with Gasteiger partial charge in [0.25, 0.3) is 0 Å². The van der Waals surface area contributed by atoms with Crippen LogP contribution in [0.3, 0.4) is 0 Å². The van der Waals surface area contributed by atoms with E-state index in [1.807, 2.05) is 30.0 Å². The summed E-state index contributed by atoms with van der Waals surface area (Å²) in [6.45, 7) is 5.14. The van der Waals surface area contributed by atoms with Gasteiger partial charge < -0.3 is 24.6 Å². The first-order chi connectivity index (χ1) is 11.5. The summed E-state index contributed by atoms with van der Waals surface area (Å²) in [5.41, 5.74) is 1.80. The number of hydrogen-bond donors (Lipinski definition) is 1. The van der Waals surface area contributed by atoms with Gasteiger partial charge in [0, 0.05) is 31.5 Å². The Labute approximate surface area is 144 Å². The lowest BCUT2D eigenvalue weighted by Gasteiger charge is -2.37. The van der Waals surface area contributed by atoms with Gasteiger partial charge in [-0.3, -0.25) is 0 Å². The SMILES string of the molecule is COCCN(C(=O)Nc1cc(OC)ccc1C)C1CCN(C)CC1. The van der Waals surface area contributed by atoms with Crippen LogP contribution >= 0.6 is 0 Å². The van der Waals surface area contributed by atoms with Gasteiger partial charge in [0.2, 0.25) is 0 Å². The van der Waals surface area contributed by atoms with Crippen molar-refractivity contribution in [2.24, 2.45) is 0 Å². The monoisotopic (exact) mass is 335 g/mol. The molecule has 134 valence electrons. The second-order valence-electron chi connectivity index (χ2n) is 6.33. The Kier molecular flexibility index (Phi) is 6.87. The van der Waals surface area contributed by atoms with Gasteiger partial charge in [-0.1, -0.05) is 6.07 Å². The van der Waals surface area contributed by atoms with E-state index in [4.69, 9.17) is 9.47 Å². The zero-order chi connectivity index (χ0) is 17.5. The summed E-state index contributed by atoms with van der Waals surface area (Å²) in [4.78, 5) is 17.1. The Morgan fingerprint density at radius 3 is 2.67 bits per heavy atom. The number of ether oxygens (including phenoxy) is 2. The predicted molar refractivity (Wildman–Crippen MR) is 95.9 cm³/mol. The third kappa shape index (κ3) is 4.85. The summed E-state index contributed by atoms with van der Waals surface area (Å²) in [7, 11) is 5.41. The van der Waals surface area contributed by atoms with E-state index in [2.05, 4.69) is 17.3 Å². The molecule has 6 heteroatoms. The van der Waals surface area contributed by atoms with Gasteiger partial charge in [-0.2, -0.15) is 0 Å². The number of piperidine rings is 1. The average molecular weight is 335 g/mol. The predicted octanol–water partition coefficient (Wildman–Crippen LogP) is 2.58. The molecule has 1 heterocycles. The molecule has 0 spiro atoms. The molecule has 0 saturated carbocycles. The van der Waals surface area contributed by atoms with E-state index in [9.17, 15) is 4.79 Å². The van der Waals surface area contributed by atoms with Crippen molar-refractivity contribution >= 4 is 11.7 Å². The van der Waals surface area contributed by atoms with E-state index in [0.29, 0.717) is 13.2 Å². The molecule has 6 nitrogen and oxygen atoms in total. The first-order valence-electron chi connectivity index (χ1n) is 8.45. The number of likely N-dealkylation sites (tertiary alicyclic amines) is 1. The highest BCUT2D eigenvalue weighted by Crippen LogP contribution is 2.23. The summed E-state index contributed by atoms with van der Waals surface area (Å²) < 4.78 is 10.4. The Morgan fingerprint density at radius 2 is 2.04 bits per heavy atom. The van der Waals surface area contributed by atoms with Crippen molar-refractivity contribution in [3.05, 3.63) is 23.8 Å². The maximum atomic E-state index is 12.9. The van der Waals surface area contributed by atoms with Crippen molar-refractivity contribution < 1.29 is 14.3 Å². The number of urea groups is 1. The number of hydrogen-bond acceptors (Lipinski definition) is 4. The molecule has 24 heavy (non-hydrogen) atoms. The summed E-state index contributed by atoms with van der Waals surface area (Å²) in [6, 6.07) is 5.88. The minimum Gasteiger partial charge on any atom is -0.497 e. The van der Waals surface area contributed by atoms with Crippen LogP contribution in [0.2, 0.25) is 0 Å². The lowest BCUT2D eigenvalue weighted by Crippen LogP contribution is -2.49. The molecular weight excluding hydrogens is 306 g/mol. The van der Waals surface area contributed by atoms with Gasteiger partial charge in [-0.05, 0) is 51.5 Å². The number of nitrogens with one attached hydrogen (secondary N) is 1. The fourth-order valence-electron chi connectivity index (χ4n) is 3.00. The topological polar surface area (TPSA) is 54.0 Å². The Bertz CT molecular complexity index is 542. The van der Waals surface area contributed by atoms with Gasteiger partial charge in [-0.15, -0.1) is 0 Å². The van der Waals surface area contributed by atoms with E-state index in [1.54, 1.807) is 14.2 Å². The second kappa shape index (κ2) is 8.89. The largest absolute Gasteiger partial charge is 0.497 e. The second-order valence-corrected chi connectivity index (χ2v) is 6.33. The summed E-state index contributed by atoms with van der Waals surface area (Å²) in [5, 5.41) is 3.04. The molecule has 2 rings (SSSR count). The normalized spacial score (nSPS) is 16.0. The lowest BCUT2D eigenvalue weighted by molar-refractivity contribution is 0.108. The van der Waals surface area contributed by atoms with Gasteiger partial charge in [-0.25, -0.2) is 4.79 Å². The molecular formula is C18H29N3O3. The number of benzene rings is 1. The van der Waals surface area contributed by atoms with E-state index < -0.39 is 0 Å². The number of amides is 2. The summed E-state index contributed by atoms with van der Waals surface area (Å²) in [6.07, 6.45) is 1.98. The first kappa shape index (κ1) is 18.5. The van der Waals surface area contributed by atoms with Crippen LogP contribution in [0.1, 0.15) is 18.4 Å². The number of aryl methyl sites for hydroxylation is 1. The van der Waals surface area contributed by atoms with Gasteiger partial charge in [0.15, 0.2) is 0 Å². The fraction of sp³-hybridized carbons (Fsp3) is 0.611. The van der Waals surface area contributed by atoms with Crippen LogP contribution < -0.4 is 10.1 Å². The van der Waals surface area contributed by atoms with Gasteiger partial charge >= 0.3 is 6.03 Å². The number of anilines is 1. The lowest BCUT2D eigenvalue weighted by atomic mass is 10.0. The molecule has 2 amide bonds. The average Bonchev–Trinajstić information content (AvgIpc) is 2.58. The molecule has 0 aliphatic carbocycles. The van der Waals surface area contributed by atoms with Crippen molar-refractivity contribution in [1.29, 1.82) is 0 Å². The Hall–Kier alpha value is -1.79. The summed E-state index contributed by atoms with van der Waals surface area (Å²) >= 11 is 0. The van der Waals surface area contributed by atoms with E-state index in [0.717, 1.165) is 42.9 Å². The molecule has 0 atom stereocenters. The molecule has 1 fully saturated rings. The molecule has 1 N–H and O–H groups in total. The molecule has 0 radical (unpaired) electrons. The Morgan fingerprint density at radius 1 is 1.33 bits per heavy atom. The van der Waals surface area contributed by atoms with E-state index in [1.165, 1.54) is 0 Å².